The van der Waals surface area contributed by atoms with Gasteiger partial charge in [0.1, 0.15) is 6.04 Å². The second-order valence-corrected chi connectivity index (χ2v) is 8.41. The molecule has 4 N–H and O–H groups in total. The number of hydrogen-bond donors (Lipinski definition) is 3. The van der Waals surface area contributed by atoms with Crippen molar-refractivity contribution >= 4 is 17.8 Å². The zero-order chi connectivity index (χ0) is 18.2. The molecule has 0 spiro atoms. The van der Waals surface area contributed by atoms with Gasteiger partial charge in [-0.1, -0.05) is 0 Å². The molecule has 0 aromatic heterocycles. The van der Waals surface area contributed by atoms with E-state index >= 15 is 0 Å². The van der Waals surface area contributed by atoms with Crippen LogP contribution >= 0.6 is 0 Å². The van der Waals surface area contributed by atoms with Gasteiger partial charge < -0.3 is 20.9 Å². The average molecular weight is 352 g/mol. The fraction of sp³-hybridized carbons (Fsp3) is 0.833. The Balaban J connectivity index is 1.68. The zero-order valence-corrected chi connectivity index (χ0v) is 14.7. The van der Waals surface area contributed by atoms with Crippen molar-refractivity contribution in [1.82, 2.24) is 5.32 Å². The highest BCUT2D eigenvalue weighted by Crippen LogP contribution is 2.61. The Labute approximate surface area is 147 Å². The van der Waals surface area contributed by atoms with Gasteiger partial charge in [0.2, 0.25) is 5.91 Å². The van der Waals surface area contributed by atoms with E-state index in [9.17, 15) is 14.4 Å². The normalized spacial score (nSPS) is 35.0. The van der Waals surface area contributed by atoms with Gasteiger partial charge >= 0.3 is 11.9 Å². The van der Waals surface area contributed by atoms with Crippen LogP contribution < -0.4 is 11.1 Å². The fourth-order valence-electron chi connectivity index (χ4n) is 5.87. The van der Waals surface area contributed by atoms with Gasteiger partial charge in [0.05, 0.1) is 19.6 Å². The molecular formula is C18H28N2O5. The number of nitrogens with two attached hydrogens (primary N) is 1. The van der Waals surface area contributed by atoms with Gasteiger partial charge in [-0.3, -0.25) is 9.59 Å². The zero-order valence-electron chi connectivity index (χ0n) is 14.7. The van der Waals surface area contributed by atoms with E-state index in [2.05, 4.69) is 5.32 Å². The third-order valence-electron chi connectivity index (χ3n) is 6.34. The van der Waals surface area contributed by atoms with Crippen molar-refractivity contribution in [3.8, 4) is 0 Å². The molecule has 0 aromatic rings. The number of nitrogens with one attached hydrogen (secondary N) is 1. The first-order chi connectivity index (χ1) is 11.8. The molecule has 0 aromatic carbocycles. The van der Waals surface area contributed by atoms with E-state index in [4.69, 9.17) is 15.6 Å². The molecule has 0 radical (unpaired) electrons. The summed E-state index contributed by atoms with van der Waals surface area (Å²) >= 11 is 0. The van der Waals surface area contributed by atoms with Gasteiger partial charge in [0.25, 0.3) is 0 Å². The molecule has 0 saturated heterocycles. The van der Waals surface area contributed by atoms with Gasteiger partial charge in [0, 0.05) is 0 Å². The monoisotopic (exact) mass is 352 g/mol. The number of methoxy groups -OCH3 is 1. The Morgan fingerprint density at radius 3 is 2.12 bits per heavy atom. The number of ether oxygens (including phenoxy) is 1. The van der Waals surface area contributed by atoms with Crippen LogP contribution in [0.25, 0.3) is 0 Å². The molecule has 140 valence electrons. The van der Waals surface area contributed by atoms with Crippen molar-refractivity contribution in [3.05, 3.63) is 0 Å². The molecule has 7 heteroatoms. The Morgan fingerprint density at radius 1 is 1.16 bits per heavy atom. The Kier molecular flexibility index (Phi) is 5.04. The average Bonchev–Trinajstić information content (AvgIpc) is 2.51. The number of carbonyl (C=O) groups excluding carboxylic acids is 2. The van der Waals surface area contributed by atoms with E-state index in [1.54, 1.807) is 0 Å². The van der Waals surface area contributed by atoms with Crippen LogP contribution in [0.2, 0.25) is 0 Å². The molecule has 2 atom stereocenters. The molecule has 4 aliphatic rings. The third kappa shape index (κ3) is 3.97. The molecule has 0 aliphatic heterocycles. The predicted octanol–water partition coefficient (Wildman–Crippen LogP) is 1.05. The maximum atomic E-state index is 12.2. The highest BCUT2D eigenvalue weighted by Gasteiger charge is 2.52. The summed E-state index contributed by atoms with van der Waals surface area (Å²) in [5.41, 5.74) is 5.72. The molecule has 4 rings (SSSR count). The molecular weight excluding hydrogens is 324 g/mol. The van der Waals surface area contributed by atoms with Crippen molar-refractivity contribution in [3.63, 3.8) is 0 Å². The van der Waals surface area contributed by atoms with E-state index in [1.165, 1.54) is 26.4 Å². The van der Waals surface area contributed by atoms with E-state index in [0.717, 1.165) is 37.0 Å². The maximum absolute atomic E-state index is 12.2. The second kappa shape index (κ2) is 6.94. The van der Waals surface area contributed by atoms with E-state index < -0.39 is 36.4 Å². The van der Waals surface area contributed by atoms with Gasteiger partial charge in [-0.2, -0.15) is 0 Å². The fourth-order valence-corrected chi connectivity index (χ4v) is 5.87. The van der Waals surface area contributed by atoms with Crippen molar-refractivity contribution in [2.75, 3.05) is 7.11 Å². The van der Waals surface area contributed by atoms with Crippen LogP contribution in [0, 0.1) is 23.2 Å². The van der Waals surface area contributed by atoms with Crippen LogP contribution in [-0.2, 0) is 19.1 Å². The molecule has 25 heavy (non-hydrogen) atoms. The molecule has 1 amide bonds. The molecule has 7 nitrogen and oxygen atoms in total. The lowest BCUT2D eigenvalue weighted by Crippen LogP contribution is -2.54. The smallest absolute Gasteiger partial charge is 0.328 e. The third-order valence-corrected chi connectivity index (χ3v) is 6.34. The minimum Gasteiger partial charge on any atom is -0.481 e. The highest BCUT2D eigenvalue weighted by molar-refractivity contribution is 5.89. The number of carboxylic acids is 1. The number of carboxylic acid groups (broad SMARTS) is 1. The number of esters is 1. The number of aliphatic carboxylic acids is 1. The summed E-state index contributed by atoms with van der Waals surface area (Å²) in [6.07, 6.45) is 7.36. The Hall–Kier alpha value is -1.63. The van der Waals surface area contributed by atoms with E-state index in [-0.39, 0.29) is 5.41 Å². The number of rotatable bonds is 7. The van der Waals surface area contributed by atoms with Crippen molar-refractivity contribution < 1.29 is 24.2 Å². The number of hydrogen-bond acceptors (Lipinski definition) is 5. The second-order valence-electron chi connectivity index (χ2n) is 8.41. The lowest BCUT2D eigenvalue weighted by Gasteiger charge is -2.57. The van der Waals surface area contributed by atoms with Crippen molar-refractivity contribution in [2.24, 2.45) is 28.9 Å². The van der Waals surface area contributed by atoms with Crippen molar-refractivity contribution in [1.29, 1.82) is 0 Å². The first-order valence-corrected chi connectivity index (χ1v) is 9.16. The maximum Gasteiger partial charge on any atom is 0.328 e. The van der Waals surface area contributed by atoms with Gasteiger partial charge in [0.15, 0.2) is 0 Å². The standard InChI is InChI=1S/C18H28N2O5/c1-25-17(24)14(20-16(23)13(19)5-15(21)22)9-18-6-10-2-11(7-18)4-12(3-10)8-18/h10-14H,2-9,19H2,1H3,(H,20,23)(H,21,22)/t10?,11?,12?,13-,14+,18?/m0/s1. The summed E-state index contributed by atoms with van der Waals surface area (Å²) in [5.74, 6) is 0.00560. The van der Waals surface area contributed by atoms with Gasteiger partial charge in [-0.05, 0) is 68.1 Å². The number of carbonyl (C=O) groups is 3. The predicted molar refractivity (Wildman–Crippen MR) is 89.4 cm³/mol. The van der Waals surface area contributed by atoms with Crippen LogP contribution in [0.15, 0.2) is 0 Å². The first kappa shape index (κ1) is 18.2. The van der Waals surface area contributed by atoms with Crippen molar-refractivity contribution in [2.45, 2.75) is 63.5 Å². The summed E-state index contributed by atoms with van der Waals surface area (Å²) in [6.45, 7) is 0. The Morgan fingerprint density at radius 2 is 1.68 bits per heavy atom. The molecule has 4 saturated carbocycles. The Bertz CT molecular complexity index is 526. The minimum absolute atomic E-state index is 0.0950. The highest BCUT2D eigenvalue weighted by atomic mass is 16.5. The van der Waals surface area contributed by atoms with Crippen LogP contribution in [0.4, 0.5) is 0 Å². The summed E-state index contributed by atoms with van der Waals surface area (Å²) in [5, 5.41) is 11.4. The van der Waals surface area contributed by atoms with Crippen LogP contribution in [-0.4, -0.2) is 42.1 Å². The summed E-state index contributed by atoms with van der Waals surface area (Å²) < 4.78 is 4.88. The number of amides is 1. The molecule has 4 bridgehead atoms. The molecule has 0 unspecified atom stereocenters. The van der Waals surface area contributed by atoms with E-state index in [1.807, 2.05) is 0 Å². The van der Waals surface area contributed by atoms with Crippen LogP contribution in [0.5, 0.6) is 0 Å². The topological polar surface area (TPSA) is 119 Å². The molecule has 0 heterocycles. The molecule has 4 fully saturated rings. The van der Waals surface area contributed by atoms with Crippen LogP contribution in [0.3, 0.4) is 0 Å². The quantitative estimate of drug-likeness (QED) is 0.589. The van der Waals surface area contributed by atoms with E-state index in [0.29, 0.717) is 6.42 Å². The SMILES string of the molecule is COC(=O)[C@@H](CC12CC3CC(CC(C3)C1)C2)NC(=O)[C@@H](N)CC(=O)O. The largest absolute Gasteiger partial charge is 0.481 e. The summed E-state index contributed by atoms with van der Waals surface area (Å²) in [7, 11) is 1.30. The summed E-state index contributed by atoms with van der Waals surface area (Å²) in [4.78, 5) is 35.1. The van der Waals surface area contributed by atoms with Gasteiger partial charge in [-0.25, -0.2) is 4.79 Å². The lowest BCUT2D eigenvalue weighted by molar-refractivity contribution is -0.148. The lowest BCUT2D eigenvalue weighted by atomic mass is 9.48. The summed E-state index contributed by atoms with van der Waals surface area (Å²) in [6, 6.07) is -1.92. The van der Waals surface area contributed by atoms with Gasteiger partial charge in [-0.15, -0.1) is 0 Å². The minimum atomic E-state index is -1.17. The first-order valence-electron chi connectivity index (χ1n) is 9.16. The van der Waals surface area contributed by atoms with Crippen LogP contribution in [0.1, 0.15) is 51.4 Å². The molecule has 4 aliphatic carbocycles.